The van der Waals surface area contributed by atoms with Crippen molar-refractivity contribution in [3.63, 3.8) is 0 Å². The molecular weight excluding hydrogens is 140 g/mol. The molecule has 0 radical (unpaired) electrons. The Morgan fingerprint density at radius 3 is 2.55 bits per heavy atom. The van der Waals surface area contributed by atoms with Crippen molar-refractivity contribution in [2.75, 3.05) is 6.61 Å². The van der Waals surface area contributed by atoms with Crippen LogP contribution in [0, 0.1) is 0 Å². The van der Waals surface area contributed by atoms with Gasteiger partial charge in [-0.05, 0) is 19.1 Å². The molecule has 62 valence electrons. The van der Waals surface area contributed by atoms with E-state index in [0.29, 0.717) is 6.61 Å². The number of aryl methyl sites for hydroxylation is 1. The summed E-state index contributed by atoms with van der Waals surface area (Å²) in [6.45, 7) is 5.38. The van der Waals surface area contributed by atoms with E-state index in [0.717, 1.165) is 24.5 Å². The molecule has 0 bridgehead atoms. The zero-order valence-corrected chi connectivity index (χ0v) is 7.09. The molecule has 0 aliphatic rings. The van der Waals surface area contributed by atoms with E-state index in [1.165, 1.54) is 0 Å². The van der Waals surface area contributed by atoms with Crippen molar-refractivity contribution in [3.05, 3.63) is 23.7 Å². The lowest BCUT2D eigenvalue weighted by molar-refractivity contribution is 0.117. The second kappa shape index (κ2) is 4.19. The Labute approximate surface area is 67.2 Å². The van der Waals surface area contributed by atoms with Gasteiger partial charge in [-0.2, -0.15) is 0 Å². The van der Waals surface area contributed by atoms with Gasteiger partial charge in [-0.25, -0.2) is 0 Å². The van der Waals surface area contributed by atoms with Crippen LogP contribution in [-0.2, 0) is 17.8 Å². The lowest BCUT2D eigenvalue weighted by Gasteiger charge is -1.95. The van der Waals surface area contributed by atoms with Crippen LogP contribution in [0.3, 0.4) is 0 Å². The largest absolute Gasteiger partial charge is 0.464 e. The Morgan fingerprint density at radius 2 is 2.00 bits per heavy atom. The quantitative estimate of drug-likeness (QED) is 0.664. The molecule has 1 aromatic rings. The number of hydrogen-bond donors (Lipinski definition) is 0. The fourth-order valence-electron chi connectivity index (χ4n) is 0.893. The van der Waals surface area contributed by atoms with Gasteiger partial charge in [-0.1, -0.05) is 6.92 Å². The fraction of sp³-hybridized carbons (Fsp3) is 0.556. The minimum Gasteiger partial charge on any atom is -0.464 e. The Bertz CT molecular complexity index is 203. The molecule has 0 fully saturated rings. The second-order valence-corrected chi connectivity index (χ2v) is 2.36. The summed E-state index contributed by atoms with van der Waals surface area (Å²) in [4.78, 5) is 0. The first kappa shape index (κ1) is 8.34. The summed E-state index contributed by atoms with van der Waals surface area (Å²) < 4.78 is 10.6. The predicted molar refractivity (Wildman–Crippen MR) is 43.4 cm³/mol. The summed E-state index contributed by atoms with van der Waals surface area (Å²) in [5, 5.41) is 0. The van der Waals surface area contributed by atoms with Crippen LogP contribution in [0.4, 0.5) is 0 Å². The molecule has 1 rings (SSSR count). The summed E-state index contributed by atoms with van der Waals surface area (Å²) in [5.74, 6) is 1.95. The van der Waals surface area contributed by atoms with Gasteiger partial charge in [0.05, 0.1) is 0 Å². The van der Waals surface area contributed by atoms with Gasteiger partial charge < -0.3 is 9.15 Å². The molecule has 0 aromatic carbocycles. The normalized spacial score (nSPS) is 10.4. The highest BCUT2D eigenvalue weighted by atomic mass is 16.5. The molecule has 0 aliphatic carbocycles. The summed E-state index contributed by atoms with van der Waals surface area (Å²) in [6, 6.07) is 3.96. The van der Waals surface area contributed by atoms with Crippen LogP contribution in [0.2, 0.25) is 0 Å². The van der Waals surface area contributed by atoms with Crippen molar-refractivity contribution >= 4 is 0 Å². The fourth-order valence-corrected chi connectivity index (χ4v) is 0.893. The molecular formula is C9H14O2. The number of hydrogen-bond acceptors (Lipinski definition) is 2. The Morgan fingerprint density at radius 1 is 1.27 bits per heavy atom. The summed E-state index contributed by atoms with van der Waals surface area (Å²) in [5.41, 5.74) is 0. The average molecular weight is 154 g/mol. The van der Waals surface area contributed by atoms with Crippen LogP contribution >= 0.6 is 0 Å². The minimum atomic E-state index is 0.594. The van der Waals surface area contributed by atoms with Gasteiger partial charge in [0.1, 0.15) is 18.1 Å². The van der Waals surface area contributed by atoms with Crippen molar-refractivity contribution in [2.45, 2.75) is 26.9 Å². The first-order chi connectivity index (χ1) is 5.36. The van der Waals surface area contributed by atoms with Gasteiger partial charge in [0.25, 0.3) is 0 Å². The van der Waals surface area contributed by atoms with Gasteiger partial charge in [0.2, 0.25) is 0 Å². The van der Waals surface area contributed by atoms with E-state index in [-0.39, 0.29) is 0 Å². The Kier molecular flexibility index (Phi) is 3.17. The maximum atomic E-state index is 5.41. The van der Waals surface area contributed by atoms with Crippen LogP contribution in [0.25, 0.3) is 0 Å². The number of furan rings is 1. The third-order valence-electron chi connectivity index (χ3n) is 1.51. The zero-order chi connectivity index (χ0) is 8.10. The smallest absolute Gasteiger partial charge is 0.129 e. The lowest BCUT2D eigenvalue weighted by atomic mass is 10.4. The van der Waals surface area contributed by atoms with E-state index in [4.69, 9.17) is 9.15 Å². The third kappa shape index (κ3) is 2.39. The topological polar surface area (TPSA) is 22.4 Å². The minimum absolute atomic E-state index is 0.594. The molecule has 0 saturated heterocycles. The van der Waals surface area contributed by atoms with E-state index in [2.05, 4.69) is 6.92 Å². The van der Waals surface area contributed by atoms with Crippen molar-refractivity contribution in [3.8, 4) is 0 Å². The van der Waals surface area contributed by atoms with E-state index in [1.807, 2.05) is 19.1 Å². The average Bonchev–Trinajstić information content (AvgIpc) is 2.48. The molecule has 2 nitrogen and oxygen atoms in total. The van der Waals surface area contributed by atoms with Crippen molar-refractivity contribution in [1.82, 2.24) is 0 Å². The van der Waals surface area contributed by atoms with Crippen molar-refractivity contribution in [1.29, 1.82) is 0 Å². The predicted octanol–water partition coefficient (Wildman–Crippen LogP) is 2.38. The molecule has 1 aromatic heterocycles. The molecule has 0 atom stereocenters. The molecule has 11 heavy (non-hydrogen) atoms. The standard InChI is InChI=1S/C9H14O2/c1-3-8-5-6-9(11-8)7-10-4-2/h5-6H,3-4,7H2,1-2H3. The molecule has 0 saturated carbocycles. The number of rotatable bonds is 4. The molecule has 0 spiro atoms. The number of ether oxygens (including phenoxy) is 1. The van der Waals surface area contributed by atoms with E-state index in [1.54, 1.807) is 0 Å². The second-order valence-electron chi connectivity index (χ2n) is 2.36. The maximum Gasteiger partial charge on any atom is 0.129 e. The first-order valence-electron chi connectivity index (χ1n) is 4.02. The van der Waals surface area contributed by atoms with Gasteiger partial charge in [-0.3, -0.25) is 0 Å². The zero-order valence-electron chi connectivity index (χ0n) is 7.09. The summed E-state index contributed by atoms with van der Waals surface area (Å²) in [6.07, 6.45) is 0.951. The van der Waals surface area contributed by atoms with Crippen molar-refractivity contribution in [2.24, 2.45) is 0 Å². The molecule has 2 heteroatoms. The van der Waals surface area contributed by atoms with Crippen LogP contribution in [0.1, 0.15) is 25.4 Å². The van der Waals surface area contributed by atoms with Gasteiger partial charge >= 0.3 is 0 Å². The molecule has 0 aliphatic heterocycles. The lowest BCUT2D eigenvalue weighted by Crippen LogP contribution is -1.88. The van der Waals surface area contributed by atoms with Crippen LogP contribution in [0.5, 0.6) is 0 Å². The van der Waals surface area contributed by atoms with Crippen molar-refractivity contribution < 1.29 is 9.15 Å². The SMILES string of the molecule is CCOCc1ccc(CC)o1. The third-order valence-corrected chi connectivity index (χ3v) is 1.51. The van der Waals surface area contributed by atoms with Crippen LogP contribution < -0.4 is 0 Å². The first-order valence-corrected chi connectivity index (χ1v) is 4.02. The summed E-state index contributed by atoms with van der Waals surface area (Å²) in [7, 11) is 0. The highest BCUT2D eigenvalue weighted by Gasteiger charge is 1.98. The molecule has 0 N–H and O–H groups in total. The highest BCUT2D eigenvalue weighted by molar-refractivity contribution is 5.05. The van der Waals surface area contributed by atoms with Crippen LogP contribution in [-0.4, -0.2) is 6.61 Å². The summed E-state index contributed by atoms with van der Waals surface area (Å²) >= 11 is 0. The van der Waals surface area contributed by atoms with E-state index < -0.39 is 0 Å². The van der Waals surface area contributed by atoms with Gasteiger partial charge in [0.15, 0.2) is 0 Å². The Hall–Kier alpha value is -0.760. The molecule has 0 amide bonds. The maximum absolute atomic E-state index is 5.41. The van der Waals surface area contributed by atoms with Gasteiger partial charge in [0, 0.05) is 13.0 Å². The van der Waals surface area contributed by atoms with Crippen LogP contribution in [0.15, 0.2) is 16.5 Å². The molecule has 0 unspecified atom stereocenters. The highest BCUT2D eigenvalue weighted by Crippen LogP contribution is 2.08. The monoisotopic (exact) mass is 154 g/mol. The molecule has 1 heterocycles. The van der Waals surface area contributed by atoms with E-state index in [9.17, 15) is 0 Å². The Balaban J connectivity index is 2.44. The van der Waals surface area contributed by atoms with E-state index >= 15 is 0 Å². The van der Waals surface area contributed by atoms with Gasteiger partial charge in [-0.15, -0.1) is 0 Å².